The average Bonchev–Trinajstić information content (AvgIpc) is 3.27. The van der Waals surface area contributed by atoms with Crippen molar-refractivity contribution in [3.63, 3.8) is 0 Å². The Hall–Kier alpha value is -2.37. The highest BCUT2D eigenvalue weighted by Gasteiger charge is 2.40. The number of hydrogen-bond acceptors (Lipinski definition) is 4. The molecule has 0 saturated carbocycles. The van der Waals surface area contributed by atoms with Gasteiger partial charge >= 0.3 is 6.39 Å². The summed E-state index contributed by atoms with van der Waals surface area (Å²) in [7, 11) is 0. The highest BCUT2D eigenvalue weighted by atomic mass is 16.5. The van der Waals surface area contributed by atoms with E-state index in [4.69, 9.17) is 13.4 Å². The molecule has 3 heterocycles. The van der Waals surface area contributed by atoms with E-state index in [1.54, 1.807) is 12.6 Å². The van der Waals surface area contributed by atoms with Crippen molar-refractivity contribution in [2.24, 2.45) is 0 Å². The number of aromatic nitrogens is 3. The maximum atomic E-state index is 5.91. The van der Waals surface area contributed by atoms with Crippen LogP contribution in [0.4, 0.5) is 0 Å². The molecule has 3 aromatic heterocycles. The van der Waals surface area contributed by atoms with Crippen molar-refractivity contribution < 1.29 is 22.7 Å². The molecule has 6 nitrogen and oxygen atoms in total. The normalized spacial score (nSPS) is 13.6. The van der Waals surface area contributed by atoms with Gasteiger partial charge in [0.15, 0.2) is 24.2 Å². The fourth-order valence-electron chi connectivity index (χ4n) is 3.14. The monoisotopic (exact) mass is 345 g/mol. The molecule has 0 saturated heterocycles. The molecular weight excluding hydrogens is 318 g/mol. The van der Waals surface area contributed by atoms with Crippen molar-refractivity contribution in [1.29, 1.82) is 0 Å². The Morgan fingerprint density at radius 1 is 1.20 bits per heavy atom. The molecule has 0 spiro atoms. The Balaban J connectivity index is 1.82. The van der Waals surface area contributed by atoms with Crippen molar-refractivity contribution in [3.05, 3.63) is 54.2 Å². The summed E-state index contributed by atoms with van der Waals surface area (Å²) in [5.74, 6) is 2.38. The van der Waals surface area contributed by atoms with E-state index in [0.29, 0.717) is 5.92 Å². The van der Waals surface area contributed by atoms with Crippen LogP contribution >= 0.6 is 0 Å². The molecule has 25 heavy (non-hydrogen) atoms. The van der Waals surface area contributed by atoms with Crippen molar-refractivity contribution in [1.82, 2.24) is 4.98 Å². The Labute approximate surface area is 148 Å². The van der Waals surface area contributed by atoms with Crippen LogP contribution in [0.1, 0.15) is 69.2 Å². The predicted molar refractivity (Wildman–Crippen MR) is 90.0 cm³/mol. The summed E-state index contributed by atoms with van der Waals surface area (Å²) in [5.41, 5.74) is 1.90. The van der Waals surface area contributed by atoms with Gasteiger partial charge in [-0.15, -0.1) is 0 Å². The minimum Gasteiger partial charge on any atom is -0.441 e. The van der Waals surface area contributed by atoms with Crippen molar-refractivity contribution in [2.75, 3.05) is 0 Å². The molecule has 0 aromatic carbocycles. The summed E-state index contributed by atoms with van der Waals surface area (Å²) in [5, 5.41) is 0. The van der Waals surface area contributed by atoms with Gasteiger partial charge in [0.1, 0.15) is 0 Å². The van der Waals surface area contributed by atoms with E-state index < -0.39 is 0 Å². The molecule has 134 valence electrons. The summed E-state index contributed by atoms with van der Waals surface area (Å²) >= 11 is 0. The average molecular weight is 345 g/mol. The van der Waals surface area contributed by atoms with E-state index >= 15 is 0 Å². The molecule has 0 N–H and O–H groups in total. The standard InChI is InChI=1S/C19H27N3O3/c1-13(2)16-9-21(25-10-16)8-14(3)18-15(4)22(12-24-18)19(5,6)17-7-20-11-23-17/h7,9-14H,8H2,1-6H3/q+2. The number of rotatable bonds is 6. The quantitative estimate of drug-likeness (QED) is 0.642. The van der Waals surface area contributed by atoms with Gasteiger partial charge in [-0.2, -0.15) is 4.57 Å². The third kappa shape index (κ3) is 3.25. The van der Waals surface area contributed by atoms with Gasteiger partial charge in [0.05, 0.1) is 17.7 Å². The fourth-order valence-corrected chi connectivity index (χ4v) is 3.14. The molecule has 3 aromatic rings. The van der Waals surface area contributed by atoms with Crippen LogP contribution in [0.2, 0.25) is 0 Å². The van der Waals surface area contributed by atoms with Gasteiger partial charge in [0, 0.05) is 20.8 Å². The summed E-state index contributed by atoms with van der Waals surface area (Å²) < 4.78 is 21.0. The molecule has 0 fully saturated rings. The van der Waals surface area contributed by atoms with Crippen LogP contribution in [0, 0.1) is 6.92 Å². The van der Waals surface area contributed by atoms with Gasteiger partial charge < -0.3 is 8.83 Å². The van der Waals surface area contributed by atoms with Crippen LogP contribution in [0.25, 0.3) is 0 Å². The minimum atomic E-state index is -0.370. The van der Waals surface area contributed by atoms with Gasteiger partial charge in [-0.1, -0.05) is 13.8 Å². The first-order valence-electron chi connectivity index (χ1n) is 8.68. The maximum Gasteiger partial charge on any atom is 0.335 e. The van der Waals surface area contributed by atoms with Crippen LogP contribution in [-0.2, 0) is 12.1 Å². The lowest BCUT2D eigenvalue weighted by molar-refractivity contribution is -0.865. The maximum absolute atomic E-state index is 5.91. The third-order valence-electron chi connectivity index (χ3n) is 4.83. The van der Waals surface area contributed by atoms with Gasteiger partial charge in [0.2, 0.25) is 24.0 Å². The van der Waals surface area contributed by atoms with Gasteiger partial charge in [0.25, 0.3) is 0 Å². The zero-order valence-corrected chi connectivity index (χ0v) is 15.8. The van der Waals surface area contributed by atoms with Gasteiger partial charge in [-0.25, -0.2) is 9.51 Å². The van der Waals surface area contributed by atoms with E-state index in [1.807, 2.05) is 11.0 Å². The Bertz CT molecular complexity index is 828. The molecule has 1 atom stereocenters. The summed E-state index contributed by atoms with van der Waals surface area (Å²) in [6.45, 7) is 13.4. The van der Waals surface area contributed by atoms with Crippen LogP contribution in [0.3, 0.4) is 0 Å². The molecule has 0 amide bonds. The zero-order chi connectivity index (χ0) is 18.2. The second-order valence-electron chi connectivity index (χ2n) is 7.48. The van der Waals surface area contributed by atoms with E-state index in [2.05, 4.69) is 57.3 Å². The first-order valence-corrected chi connectivity index (χ1v) is 8.68. The molecule has 0 radical (unpaired) electrons. The number of hydrogen-bond donors (Lipinski definition) is 0. The van der Waals surface area contributed by atoms with E-state index in [9.17, 15) is 0 Å². The lowest BCUT2D eigenvalue weighted by Gasteiger charge is -2.14. The minimum absolute atomic E-state index is 0.183. The second-order valence-corrected chi connectivity index (χ2v) is 7.48. The third-order valence-corrected chi connectivity index (χ3v) is 4.83. The highest BCUT2D eigenvalue weighted by molar-refractivity contribution is 5.08. The summed E-state index contributed by atoms with van der Waals surface area (Å²) in [6, 6.07) is 0. The molecular formula is C19H27N3O3+2. The lowest BCUT2D eigenvalue weighted by Crippen LogP contribution is -2.53. The molecule has 1 unspecified atom stereocenters. The SMILES string of the molecule is Cc1c(C(C)C[n+]2cc(C(C)C)co2)oc[n+]1C(C)(C)c1cnco1. The van der Waals surface area contributed by atoms with Crippen LogP contribution in [0.5, 0.6) is 0 Å². The zero-order valence-electron chi connectivity index (χ0n) is 15.8. The topological polar surface area (TPSA) is 60.1 Å². The molecule has 0 bridgehead atoms. The largest absolute Gasteiger partial charge is 0.441 e. The van der Waals surface area contributed by atoms with Crippen molar-refractivity contribution >= 4 is 0 Å². The van der Waals surface area contributed by atoms with E-state index in [0.717, 1.165) is 23.8 Å². The predicted octanol–water partition coefficient (Wildman–Crippen LogP) is 3.45. The Kier molecular flexibility index (Phi) is 4.54. The van der Waals surface area contributed by atoms with Crippen LogP contribution in [-0.4, -0.2) is 4.98 Å². The number of oxazole rings is 2. The Morgan fingerprint density at radius 2 is 1.96 bits per heavy atom. The summed E-state index contributed by atoms with van der Waals surface area (Å²) in [4.78, 5) is 4.03. The molecule has 0 aliphatic rings. The van der Waals surface area contributed by atoms with Crippen molar-refractivity contribution in [3.8, 4) is 0 Å². The van der Waals surface area contributed by atoms with Gasteiger partial charge in [-0.05, 0) is 17.6 Å². The van der Waals surface area contributed by atoms with Crippen molar-refractivity contribution in [2.45, 2.75) is 65.5 Å². The smallest absolute Gasteiger partial charge is 0.335 e. The molecule has 3 rings (SSSR count). The molecule has 0 aliphatic heterocycles. The van der Waals surface area contributed by atoms with Crippen LogP contribution < -0.4 is 9.31 Å². The van der Waals surface area contributed by atoms with Crippen LogP contribution in [0.15, 0.2) is 44.8 Å². The second kappa shape index (κ2) is 6.50. The first-order chi connectivity index (χ1) is 11.8. The highest BCUT2D eigenvalue weighted by Crippen LogP contribution is 2.24. The molecule has 6 heteroatoms. The number of nitrogens with zero attached hydrogens (tertiary/aromatic N) is 3. The van der Waals surface area contributed by atoms with E-state index in [-0.39, 0.29) is 11.5 Å². The summed E-state index contributed by atoms with van der Waals surface area (Å²) in [6.07, 6.45) is 8.84. The lowest BCUT2D eigenvalue weighted by atomic mass is 10.0. The van der Waals surface area contributed by atoms with Gasteiger partial charge in [-0.3, -0.25) is 0 Å². The Morgan fingerprint density at radius 3 is 2.56 bits per heavy atom. The fraction of sp³-hybridized carbons (Fsp3) is 0.526. The molecule has 0 aliphatic carbocycles. The van der Waals surface area contributed by atoms with E-state index in [1.165, 1.54) is 12.0 Å². The first kappa shape index (κ1) is 17.5.